The fourth-order valence-corrected chi connectivity index (χ4v) is 2.68. The summed E-state index contributed by atoms with van der Waals surface area (Å²) in [6, 6.07) is 8.12. The number of hydrogen-bond donors (Lipinski definition) is 1. The van der Waals surface area contributed by atoms with Gasteiger partial charge in [-0.1, -0.05) is 11.3 Å². The van der Waals surface area contributed by atoms with Crippen LogP contribution in [-0.4, -0.2) is 32.8 Å². The smallest absolute Gasteiger partial charge is 0.354 e. The molecule has 7 nitrogen and oxygen atoms in total. The SMILES string of the molecule is COc1ccc(-c2nn3c(=O)cc(C(=O)O)nc3s2)cc1. The predicted octanol–water partition coefficient (Wildman–Crippen LogP) is 1.52. The van der Waals surface area contributed by atoms with Crippen molar-refractivity contribution < 1.29 is 14.6 Å². The van der Waals surface area contributed by atoms with E-state index in [0.29, 0.717) is 10.8 Å². The number of aromatic nitrogens is 3. The van der Waals surface area contributed by atoms with Gasteiger partial charge in [-0.05, 0) is 24.3 Å². The summed E-state index contributed by atoms with van der Waals surface area (Å²) in [6.45, 7) is 0. The van der Waals surface area contributed by atoms with Crippen LogP contribution in [-0.2, 0) is 0 Å². The highest BCUT2D eigenvalue weighted by molar-refractivity contribution is 7.19. The van der Waals surface area contributed by atoms with E-state index in [2.05, 4.69) is 10.1 Å². The Balaban J connectivity index is 2.14. The molecule has 3 rings (SSSR count). The molecular weight excluding hydrogens is 294 g/mol. The molecule has 21 heavy (non-hydrogen) atoms. The van der Waals surface area contributed by atoms with Gasteiger partial charge in [-0.2, -0.15) is 9.61 Å². The second-order valence-electron chi connectivity index (χ2n) is 4.11. The minimum absolute atomic E-state index is 0.241. The van der Waals surface area contributed by atoms with Crippen LogP contribution in [0.3, 0.4) is 0 Å². The van der Waals surface area contributed by atoms with Crippen LogP contribution in [0, 0.1) is 0 Å². The molecule has 0 amide bonds. The van der Waals surface area contributed by atoms with Crippen LogP contribution < -0.4 is 10.3 Å². The lowest BCUT2D eigenvalue weighted by Gasteiger charge is -1.99. The molecule has 0 spiro atoms. The minimum atomic E-state index is -1.24. The van der Waals surface area contributed by atoms with E-state index in [1.54, 1.807) is 31.4 Å². The first-order valence-electron chi connectivity index (χ1n) is 5.87. The molecule has 3 aromatic rings. The van der Waals surface area contributed by atoms with E-state index in [4.69, 9.17) is 9.84 Å². The van der Waals surface area contributed by atoms with Gasteiger partial charge in [0.2, 0.25) is 4.96 Å². The average Bonchev–Trinajstić information content (AvgIpc) is 2.92. The molecule has 0 bridgehead atoms. The highest BCUT2D eigenvalue weighted by Gasteiger charge is 2.13. The molecule has 0 fully saturated rings. The number of benzene rings is 1. The lowest BCUT2D eigenvalue weighted by atomic mass is 10.2. The quantitative estimate of drug-likeness (QED) is 0.788. The maximum absolute atomic E-state index is 11.8. The van der Waals surface area contributed by atoms with Crippen LogP contribution in [0.5, 0.6) is 5.75 Å². The normalized spacial score (nSPS) is 10.7. The van der Waals surface area contributed by atoms with Gasteiger partial charge in [0.15, 0.2) is 5.69 Å². The highest BCUT2D eigenvalue weighted by Crippen LogP contribution is 2.26. The molecule has 0 radical (unpaired) electrons. The Morgan fingerprint density at radius 2 is 2.05 bits per heavy atom. The van der Waals surface area contributed by atoms with E-state index < -0.39 is 11.5 Å². The summed E-state index contributed by atoms with van der Waals surface area (Å²) in [5.41, 5.74) is -0.0130. The summed E-state index contributed by atoms with van der Waals surface area (Å²) in [5, 5.41) is 13.6. The summed E-state index contributed by atoms with van der Waals surface area (Å²) in [4.78, 5) is 26.9. The molecule has 0 aliphatic heterocycles. The number of methoxy groups -OCH3 is 1. The zero-order valence-electron chi connectivity index (χ0n) is 10.8. The monoisotopic (exact) mass is 303 g/mol. The molecule has 0 aliphatic rings. The van der Waals surface area contributed by atoms with Gasteiger partial charge in [-0.25, -0.2) is 9.78 Å². The minimum Gasteiger partial charge on any atom is -0.497 e. The van der Waals surface area contributed by atoms with Crippen LogP contribution in [0.2, 0.25) is 0 Å². The Hall–Kier alpha value is -2.74. The first-order chi connectivity index (χ1) is 10.1. The molecule has 1 N–H and O–H groups in total. The maximum atomic E-state index is 11.8. The number of nitrogens with zero attached hydrogens (tertiary/aromatic N) is 3. The highest BCUT2D eigenvalue weighted by atomic mass is 32.1. The van der Waals surface area contributed by atoms with Crippen molar-refractivity contribution in [3.63, 3.8) is 0 Å². The molecule has 1 aromatic carbocycles. The summed E-state index contributed by atoms with van der Waals surface area (Å²) >= 11 is 1.15. The Morgan fingerprint density at radius 3 is 2.67 bits per heavy atom. The van der Waals surface area contributed by atoms with Crippen molar-refractivity contribution >= 4 is 22.3 Å². The van der Waals surface area contributed by atoms with Crippen molar-refractivity contribution in [1.29, 1.82) is 0 Å². The van der Waals surface area contributed by atoms with Crippen molar-refractivity contribution in [3.05, 3.63) is 46.4 Å². The Labute approximate surface area is 122 Å². The van der Waals surface area contributed by atoms with Crippen LogP contribution >= 0.6 is 11.3 Å². The molecule has 2 aromatic heterocycles. The Morgan fingerprint density at radius 1 is 1.33 bits per heavy atom. The van der Waals surface area contributed by atoms with Crippen molar-refractivity contribution in [1.82, 2.24) is 14.6 Å². The molecule has 0 saturated carbocycles. The predicted molar refractivity (Wildman–Crippen MR) is 76.1 cm³/mol. The summed E-state index contributed by atoms with van der Waals surface area (Å²) in [6.07, 6.45) is 0. The van der Waals surface area contributed by atoms with Gasteiger partial charge in [0.1, 0.15) is 10.8 Å². The zero-order chi connectivity index (χ0) is 15.0. The van der Waals surface area contributed by atoms with E-state index >= 15 is 0 Å². The maximum Gasteiger partial charge on any atom is 0.354 e. The molecular formula is C13H9N3O4S. The summed E-state index contributed by atoms with van der Waals surface area (Å²) in [5.74, 6) is -0.530. The number of hydrogen-bond acceptors (Lipinski definition) is 6. The van der Waals surface area contributed by atoms with Gasteiger partial charge in [0.25, 0.3) is 5.56 Å². The van der Waals surface area contributed by atoms with E-state index in [9.17, 15) is 9.59 Å². The van der Waals surface area contributed by atoms with Crippen molar-refractivity contribution in [2.45, 2.75) is 0 Å². The Bertz CT molecular complexity index is 883. The van der Waals surface area contributed by atoms with E-state index in [0.717, 1.165) is 27.5 Å². The van der Waals surface area contributed by atoms with Crippen LogP contribution in [0.1, 0.15) is 10.5 Å². The number of carboxylic acid groups (broad SMARTS) is 1. The topological polar surface area (TPSA) is 93.8 Å². The van der Waals surface area contributed by atoms with E-state index in [1.165, 1.54) is 0 Å². The molecule has 0 aliphatic carbocycles. The third-order valence-electron chi connectivity index (χ3n) is 2.80. The van der Waals surface area contributed by atoms with Gasteiger partial charge in [0, 0.05) is 11.6 Å². The fraction of sp³-hybridized carbons (Fsp3) is 0.0769. The van der Waals surface area contributed by atoms with Gasteiger partial charge in [0.05, 0.1) is 7.11 Å². The molecule has 0 unspecified atom stereocenters. The number of fused-ring (bicyclic) bond motifs is 1. The number of aromatic carboxylic acids is 1. The first-order valence-corrected chi connectivity index (χ1v) is 6.69. The average molecular weight is 303 g/mol. The van der Waals surface area contributed by atoms with Gasteiger partial charge < -0.3 is 9.84 Å². The van der Waals surface area contributed by atoms with Crippen LogP contribution in [0.15, 0.2) is 35.1 Å². The van der Waals surface area contributed by atoms with E-state index in [-0.39, 0.29) is 10.7 Å². The van der Waals surface area contributed by atoms with Crippen LogP contribution in [0.25, 0.3) is 15.5 Å². The first kappa shape index (κ1) is 13.3. The number of ether oxygens (including phenoxy) is 1. The molecule has 0 atom stereocenters. The molecule has 106 valence electrons. The standard InChI is InChI=1S/C13H9N3O4S/c1-20-8-4-2-7(3-5-8)11-15-16-10(17)6-9(12(18)19)14-13(16)21-11/h2-6H,1H3,(H,18,19). The van der Waals surface area contributed by atoms with E-state index in [1.807, 2.05) is 0 Å². The van der Waals surface area contributed by atoms with Crippen molar-refractivity contribution in [2.75, 3.05) is 7.11 Å². The largest absolute Gasteiger partial charge is 0.497 e. The molecule has 2 heterocycles. The second kappa shape index (κ2) is 4.98. The molecule has 8 heteroatoms. The summed E-state index contributed by atoms with van der Waals surface area (Å²) < 4.78 is 6.17. The van der Waals surface area contributed by atoms with Crippen LogP contribution in [0.4, 0.5) is 0 Å². The third kappa shape index (κ3) is 2.36. The Kier molecular flexibility index (Phi) is 3.15. The number of carboxylic acids is 1. The third-order valence-corrected chi connectivity index (χ3v) is 3.76. The van der Waals surface area contributed by atoms with Gasteiger partial charge in [-0.15, -0.1) is 0 Å². The lowest BCUT2D eigenvalue weighted by molar-refractivity contribution is 0.0690. The van der Waals surface area contributed by atoms with Gasteiger partial charge in [-0.3, -0.25) is 4.79 Å². The molecule has 0 saturated heterocycles. The number of rotatable bonds is 3. The van der Waals surface area contributed by atoms with Gasteiger partial charge >= 0.3 is 5.97 Å². The summed E-state index contributed by atoms with van der Waals surface area (Å²) in [7, 11) is 1.57. The second-order valence-corrected chi connectivity index (χ2v) is 5.07. The fourth-order valence-electron chi connectivity index (χ4n) is 1.77. The zero-order valence-corrected chi connectivity index (χ0v) is 11.6. The number of carbonyl (C=O) groups is 1. The van der Waals surface area contributed by atoms with Crippen molar-refractivity contribution in [3.8, 4) is 16.3 Å². The lowest BCUT2D eigenvalue weighted by Crippen LogP contribution is -2.17. The van der Waals surface area contributed by atoms with Crippen molar-refractivity contribution in [2.24, 2.45) is 0 Å².